The first-order valence-electron chi connectivity index (χ1n) is 6.05. The highest BCUT2D eigenvalue weighted by Crippen LogP contribution is 2.25. The number of ether oxygens (including phenoxy) is 1. The van der Waals surface area contributed by atoms with Gasteiger partial charge >= 0.3 is 6.03 Å². The number of imide groups is 1. The van der Waals surface area contributed by atoms with Crippen LogP contribution in [0.25, 0.3) is 0 Å². The van der Waals surface area contributed by atoms with Gasteiger partial charge in [-0.1, -0.05) is 17.7 Å². The fraction of sp³-hybridized carbons (Fsp3) is 0.385. The zero-order valence-electron chi connectivity index (χ0n) is 10.6. The van der Waals surface area contributed by atoms with Crippen LogP contribution in [-0.2, 0) is 4.79 Å². The van der Waals surface area contributed by atoms with Crippen molar-refractivity contribution in [3.05, 3.63) is 28.8 Å². The summed E-state index contributed by atoms with van der Waals surface area (Å²) in [4.78, 5) is 23.8. The van der Waals surface area contributed by atoms with Gasteiger partial charge in [-0.2, -0.15) is 0 Å². The number of aryl methyl sites for hydroxylation is 1. The van der Waals surface area contributed by atoms with Gasteiger partial charge in [0.25, 0.3) is 0 Å². The molecule has 0 bridgehead atoms. The second-order valence-electron chi connectivity index (χ2n) is 4.34. The number of carbonyl (C=O) groups excluding carboxylic acids is 2. The van der Waals surface area contributed by atoms with Gasteiger partial charge in [0.15, 0.2) is 0 Å². The standard InChI is InChI=1S/C13H15ClN2O3/c1-9-3-4-11(10(14)7-9)19-6-2-5-16-12(17)8-15-13(16)18/h3-4,7H,2,5-6,8H2,1H3,(H,15,18). The smallest absolute Gasteiger partial charge is 0.324 e. The van der Waals surface area contributed by atoms with Crippen LogP contribution < -0.4 is 10.1 Å². The van der Waals surface area contributed by atoms with Crippen molar-refractivity contribution in [2.75, 3.05) is 19.7 Å². The van der Waals surface area contributed by atoms with Crippen molar-refractivity contribution in [2.24, 2.45) is 0 Å². The lowest BCUT2D eigenvalue weighted by Crippen LogP contribution is -2.32. The fourth-order valence-electron chi connectivity index (χ4n) is 1.81. The van der Waals surface area contributed by atoms with Gasteiger partial charge in [-0.3, -0.25) is 9.69 Å². The van der Waals surface area contributed by atoms with Crippen molar-refractivity contribution >= 4 is 23.5 Å². The number of nitrogens with one attached hydrogen (secondary N) is 1. The van der Waals surface area contributed by atoms with Gasteiger partial charge in [0, 0.05) is 6.54 Å². The van der Waals surface area contributed by atoms with Crippen molar-refractivity contribution in [3.8, 4) is 5.75 Å². The molecule has 1 saturated heterocycles. The van der Waals surface area contributed by atoms with Crippen molar-refractivity contribution in [1.82, 2.24) is 10.2 Å². The van der Waals surface area contributed by atoms with Gasteiger partial charge in [-0.15, -0.1) is 0 Å². The molecule has 1 fully saturated rings. The number of rotatable bonds is 5. The van der Waals surface area contributed by atoms with Gasteiger partial charge in [-0.05, 0) is 31.0 Å². The normalized spacial score (nSPS) is 14.7. The Balaban J connectivity index is 1.78. The maximum atomic E-state index is 11.3. The van der Waals surface area contributed by atoms with Crippen LogP contribution in [-0.4, -0.2) is 36.5 Å². The van der Waals surface area contributed by atoms with E-state index in [-0.39, 0.29) is 18.5 Å². The highest BCUT2D eigenvalue weighted by molar-refractivity contribution is 6.32. The molecule has 1 aromatic rings. The molecule has 1 aromatic carbocycles. The molecule has 0 radical (unpaired) electrons. The Morgan fingerprint density at radius 1 is 1.42 bits per heavy atom. The quantitative estimate of drug-likeness (QED) is 0.663. The summed E-state index contributed by atoms with van der Waals surface area (Å²) in [5.41, 5.74) is 1.07. The molecule has 0 aliphatic carbocycles. The average Bonchev–Trinajstić information content (AvgIpc) is 2.68. The van der Waals surface area contributed by atoms with Crippen LogP contribution in [0.3, 0.4) is 0 Å². The number of urea groups is 1. The van der Waals surface area contributed by atoms with Crippen molar-refractivity contribution in [1.29, 1.82) is 0 Å². The Kier molecular flexibility index (Phi) is 4.27. The summed E-state index contributed by atoms with van der Waals surface area (Å²) in [6.07, 6.45) is 0.573. The Hall–Kier alpha value is -1.75. The Morgan fingerprint density at radius 3 is 2.84 bits per heavy atom. The Labute approximate surface area is 116 Å². The molecule has 1 aliphatic rings. The zero-order chi connectivity index (χ0) is 13.8. The monoisotopic (exact) mass is 282 g/mol. The topological polar surface area (TPSA) is 58.6 Å². The van der Waals surface area contributed by atoms with Crippen LogP contribution in [0.15, 0.2) is 18.2 Å². The van der Waals surface area contributed by atoms with Crippen LogP contribution in [0.2, 0.25) is 5.02 Å². The minimum atomic E-state index is -0.335. The summed E-state index contributed by atoms with van der Waals surface area (Å²) in [7, 11) is 0. The summed E-state index contributed by atoms with van der Waals surface area (Å²) in [6, 6.07) is 5.22. The second kappa shape index (κ2) is 5.93. The molecule has 102 valence electrons. The number of carbonyl (C=O) groups is 2. The summed E-state index contributed by atoms with van der Waals surface area (Å²) in [6.45, 7) is 2.80. The van der Waals surface area contributed by atoms with E-state index in [1.165, 1.54) is 4.90 Å². The van der Waals surface area contributed by atoms with Crippen LogP contribution in [0.4, 0.5) is 4.79 Å². The lowest BCUT2D eigenvalue weighted by molar-refractivity contribution is -0.125. The molecule has 6 heteroatoms. The molecule has 1 aliphatic heterocycles. The van der Waals surface area contributed by atoms with Crippen molar-refractivity contribution < 1.29 is 14.3 Å². The first kappa shape index (κ1) is 13.7. The number of halogens is 1. The molecule has 5 nitrogen and oxygen atoms in total. The summed E-state index contributed by atoms with van der Waals surface area (Å²) < 4.78 is 5.52. The predicted octanol–water partition coefficient (Wildman–Crippen LogP) is 1.97. The molecule has 19 heavy (non-hydrogen) atoms. The number of benzene rings is 1. The molecule has 0 atom stereocenters. The third kappa shape index (κ3) is 3.38. The van der Waals surface area contributed by atoms with Gasteiger partial charge in [0.2, 0.25) is 5.91 Å². The lowest BCUT2D eigenvalue weighted by atomic mass is 10.2. The van der Waals surface area contributed by atoms with E-state index in [0.717, 1.165) is 5.56 Å². The molecule has 1 heterocycles. The second-order valence-corrected chi connectivity index (χ2v) is 4.75. The van der Waals surface area contributed by atoms with Gasteiger partial charge in [0.1, 0.15) is 5.75 Å². The van der Waals surface area contributed by atoms with E-state index in [1.807, 2.05) is 25.1 Å². The molecular weight excluding hydrogens is 268 g/mol. The fourth-order valence-corrected chi connectivity index (χ4v) is 2.10. The average molecular weight is 283 g/mol. The highest BCUT2D eigenvalue weighted by Gasteiger charge is 2.27. The van der Waals surface area contributed by atoms with E-state index < -0.39 is 0 Å². The van der Waals surface area contributed by atoms with E-state index in [9.17, 15) is 9.59 Å². The van der Waals surface area contributed by atoms with Crippen LogP contribution >= 0.6 is 11.6 Å². The molecule has 1 N–H and O–H groups in total. The highest BCUT2D eigenvalue weighted by atomic mass is 35.5. The third-order valence-electron chi connectivity index (χ3n) is 2.81. The molecule has 2 rings (SSSR count). The predicted molar refractivity (Wildman–Crippen MR) is 71.4 cm³/mol. The molecule has 0 aromatic heterocycles. The van der Waals surface area contributed by atoms with Crippen LogP contribution in [0.5, 0.6) is 5.75 Å². The van der Waals surface area contributed by atoms with Gasteiger partial charge in [-0.25, -0.2) is 4.79 Å². The van der Waals surface area contributed by atoms with E-state index in [1.54, 1.807) is 0 Å². The van der Waals surface area contributed by atoms with E-state index in [2.05, 4.69) is 5.32 Å². The zero-order valence-corrected chi connectivity index (χ0v) is 11.4. The third-order valence-corrected chi connectivity index (χ3v) is 3.10. The first-order chi connectivity index (χ1) is 9.08. The molecule has 0 spiro atoms. The Morgan fingerprint density at radius 2 is 2.21 bits per heavy atom. The minimum absolute atomic E-state index is 0.0868. The van der Waals surface area contributed by atoms with Gasteiger partial charge < -0.3 is 10.1 Å². The van der Waals surface area contributed by atoms with E-state index in [0.29, 0.717) is 30.3 Å². The minimum Gasteiger partial charge on any atom is -0.492 e. The van der Waals surface area contributed by atoms with E-state index >= 15 is 0 Å². The Bertz CT molecular complexity index is 489. The number of hydrogen-bond acceptors (Lipinski definition) is 3. The molecular formula is C13H15ClN2O3. The lowest BCUT2D eigenvalue weighted by Gasteiger charge is -2.13. The number of nitrogens with zero attached hydrogens (tertiary/aromatic N) is 1. The molecule has 0 saturated carbocycles. The number of hydrogen-bond donors (Lipinski definition) is 1. The van der Waals surface area contributed by atoms with Crippen molar-refractivity contribution in [2.45, 2.75) is 13.3 Å². The van der Waals surface area contributed by atoms with Crippen LogP contribution in [0.1, 0.15) is 12.0 Å². The number of amides is 3. The summed E-state index contributed by atoms with van der Waals surface area (Å²) >= 11 is 6.03. The van der Waals surface area contributed by atoms with Gasteiger partial charge in [0.05, 0.1) is 18.2 Å². The van der Waals surface area contributed by atoms with E-state index in [4.69, 9.17) is 16.3 Å². The molecule has 3 amide bonds. The molecule has 0 unspecified atom stereocenters. The SMILES string of the molecule is Cc1ccc(OCCCN2C(=O)CNC2=O)c(Cl)c1. The maximum Gasteiger partial charge on any atom is 0.324 e. The van der Waals surface area contributed by atoms with Crippen molar-refractivity contribution in [3.63, 3.8) is 0 Å². The summed E-state index contributed by atoms with van der Waals surface area (Å²) in [5.74, 6) is 0.419. The summed E-state index contributed by atoms with van der Waals surface area (Å²) in [5, 5.41) is 3.03. The van der Waals surface area contributed by atoms with Crippen LogP contribution in [0, 0.1) is 6.92 Å². The maximum absolute atomic E-state index is 11.3. The largest absolute Gasteiger partial charge is 0.492 e. The first-order valence-corrected chi connectivity index (χ1v) is 6.43.